The molecule has 2 heterocycles. The highest BCUT2D eigenvalue weighted by Gasteiger charge is 2.28. The van der Waals surface area contributed by atoms with E-state index >= 15 is 0 Å². The summed E-state index contributed by atoms with van der Waals surface area (Å²) in [5.41, 5.74) is 1.85. The lowest BCUT2D eigenvalue weighted by molar-refractivity contribution is -0.128. The van der Waals surface area contributed by atoms with Gasteiger partial charge in [-0.15, -0.1) is 0 Å². The van der Waals surface area contributed by atoms with E-state index in [0.717, 1.165) is 5.56 Å². The predicted octanol–water partition coefficient (Wildman–Crippen LogP) is 1.38. The van der Waals surface area contributed by atoms with Crippen molar-refractivity contribution >= 4 is 11.8 Å². The summed E-state index contributed by atoms with van der Waals surface area (Å²) < 4.78 is 10.9. The first-order valence-electron chi connectivity index (χ1n) is 8.96. The molecular weight excluding hydrogens is 320 g/mol. The van der Waals surface area contributed by atoms with E-state index in [2.05, 4.69) is 5.32 Å². The Morgan fingerprint density at radius 1 is 1.16 bits per heavy atom. The molecule has 1 aromatic carbocycles. The number of carbonyl (C=O) groups is 2. The SMILES string of the molecule is Cc1ccc(C(=O)N2CCC(C(=O)NC[C@@H]3COCCO3)CC2)cc1. The normalized spacial score (nSPS) is 21.8. The lowest BCUT2D eigenvalue weighted by atomic mass is 9.95. The number of nitrogens with one attached hydrogen (secondary N) is 1. The van der Waals surface area contributed by atoms with Crippen molar-refractivity contribution in [1.82, 2.24) is 10.2 Å². The number of aryl methyl sites for hydroxylation is 1. The number of rotatable bonds is 4. The zero-order valence-electron chi connectivity index (χ0n) is 14.7. The van der Waals surface area contributed by atoms with Gasteiger partial charge in [0.15, 0.2) is 0 Å². The molecule has 1 aromatic rings. The summed E-state index contributed by atoms with van der Waals surface area (Å²) in [5, 5.41) is 2.96. The van der Waals surface area contributed by atoms with E-state index in [1.165, 1.54) is 0 Å². The zero-order chi connectivity index (χ0) is 17.6. The number of hydrogen-bond donors (Lipinski definition) is 1. The van der Waals surface area contributed by atoms with Crippen molar-refractivity contribution in [2.75, 3.05) is 39.5 Å². The topological polar surface area (TPSA) is 67.9 Å². The number of likely N-dealkylation sites (tertiary alicyclic amines) is 1. The van der Waals surface area contributed by atoms with Crippen LogP contribution in [0.4, 0.5) is 0 Å². The third-order valence-corrected chi connectivity index (χ3v) is 4.84. The summed E-state index contributed by atoms with van der Waals surface area (Å²) in [6.45, 7) is 5.47. The summed E-state index contributed by atoms with van der Waals surface area (Å²) in [4.78, 5) is 26.7. The molecule has 0 saturated carbocycles. The second-order valence-electron chi connectivity index (χ2n) is 6.75. The minimum absolute atomic E-state index is 0.0356. The molecule has 0 aliphatic carbocycles. The molecule has 6 nitrogen and oxygen atoms in total. The van der Waals surface area contributed by atoms with Gasteiger partial charge in [0.05, 0.1) is 25.9 Å². The largest absolute Gasteiger partial charge is 0.376 e. The summed E-state index contributed by atoms with van der Waals surface area (Å²) >= 11 is 0. The van der Waals surface area contributed by atoms with Gasteiger partial charge in [-0.05, 0) is 31.9 Å². The predicted molar refractivity (Wildman–Crippen MR) is 93.4 cm³/mol. The number of piperidine rings is 1. The average molecular weight is 346 g/mol. The molecule has 6 heteroatoms. The number of ether oxygens (including phenoxy) is 2. The number of carbonyl (C=O) groups excluding carboxylic acids is 2. The van der Waals surface area contributed by atoms with Gasteiger partial charge in [0, 0.05) is 31.1 Å². The molecule has 2 fully saturated rings. The molecule has 2 amide bonds. The Bertz CT molecular complexity index is 588. The Labute approximate surface area is 148 Å². The van der Waals surface area contributed by atoms with Crippen LogP contribution in [-0.4, -0.2) is 62.3 Å². The molecule has 0 spiro atoms. The highest BCUT2D eigenvalue weighted by atomic mass is 16.6. The van der Waals surface area contributed by atoms with Gasteiger partial charge in [-0.1, -0.05) is 17.7 Å². The fourth-order valence-corrected chi connectivity index (χ4v) is 3.24. The quantitative estimate of drug-likeness (QED) is 0.894. The van der Waals surface area contributed by atoms with Crippen LogP contribution in [0.25, 0.3) is 0 Å². The highest BCUT2D eigenvalue weighted by Crippen LogP contribution is 2.19. The zero-order valence-corrected chi connectivity index (χ0v) is 14.7. The van der Waals surface area contributed by atoms with Gasteiger partial charge in [-0.2, -0.15) is 0 Å². The summed E-state index contributed by atoms with van der Waals surface area (Å²) in [5.74, 6) is 0.0646. The Balaban J connectivity index is 1.43. The third-order valence-electron chi connectivity index (χ3n) is 4.84. The van der Waals surface area contributed by atoms with Crippen molar-refractivity contribution in [3.8, 4) is 0 Å². The van der Waals surface area contributed by atoms with Gasteiger partial charge in [0.2, 0.25) is 5.91 Å². The first-order chi connectivity index (χ1) is 12.1. The van der Waals surface area contributed by atoms with Crippen molar-refractivity contribution in [2.45, 2.75) is 25.9 Å². The monoisotopic (exact) mass is 346 g/mol. The minimum Gasteiger partial charge on any atom is -0.376 e. The van der Waals surface area contributed by atoms with Crippen LogP contribution >= 0.6 is 0 Å². The fourth-order valence-electron chi connectivity index (χ4n) is 3.24. The number of nitrogens with zero attached hydrogens (tertiary/aromatic N) is 1. The molecule has 0 bridgehead atoms. The molecule has 2 aliphatic rings. The van der Waals surface area contributed by atoms with Crippen molar-refractivity contribution in [2.24, 2.45) is 5.92 Å². The molecule has 136 valence electrons. The van der Waals surface area contributed by atoms with Crippen molar-refractivity contribution in [3.63, 3.8) is 0 Å². The van der Waals surface area contributed by atoms with Crippen molar-refractivity contribution < 1.29 is 19.1 Å². The molecule has 0 unspecified atom stereocenters. The summed E-state index contributed by atoms with van der Waals surface area (Å²) in [7, 11) is 0. The van der Waals surface area contributed by atoms with E-state index < -0.39 is 0 Å². The van der Waals surface area contributed by atoms with Gasteiger partial charge in [-0.25, -0.2) is 0 Å². The maximum absolute atomic E-state index is 12.5. The Morgan fingerprint density at radius 2 is 1.88 bits per heavy atom. The smallest absolute Gasteiger partial charge is 0.253 e. The molecule has 0 aromatic heterocycles. The molecule has 0 radical (unpaired) electrons. The van der Waals surface area contributed by atoms with Gasteiger partial charge < -0.3 is 19.7 Å². The molecule has 1 atom stereocenters. The molecule has 2 saturated heterocycles. The van der Waals surface area contributed by atoms with Crippen LogP contribution < -0.4 is 5.32 Å². The van der Waals surface area contributed by atoms with Crippen LogP contribution in [0.5, 0.6) is 0 Å². The molecule has 25 heavy (non-hydrogen) atoms. The van der Waals surface area contributed by atoms with E-state index in [-0.39, 0.29) is 23.8 Å². The number of hydrogen-bond acceptors (Lipinski definition) is 4. The van der Waals surface area contributed by atoms with E-state index in [1.807, 2.05) is 36.1 Å². The van der Waals surface area contributed by atoms with E-state index in [4.69, 9.17) is 9.47 Å². The van der Waals surface area contributed by atoms with Crippen molar-refractivity contribution in [1.29, 1.82) is 0 Å². The number of benzene rings is 1. The van der Waals surface area contributed by atoms with Gasteiger partial charge in [0.1, 0.15) is 0 Å². The second-order valence-corrected chi connectivity index (χ2v) is 6.75. The molecular formula is C19H26N2O4. The Morgan fingerprint density at radius 3 is 2.52 bits per heavy atom. The van der Waals surface area contributed by atoms with Gasteiger partial charge >= 0.3 is 0 Å². The summed E-state index contributed by atoms with van der Waals surface area (Å²) in [6, 6.07) is 7.63. The fraction of sp³-hybridized carbons (Fsp3) is 0.579. The van der Waals surface area contributed by atoms with Crippen LogP contribution in [0, 0.1) is 12.8 Å². The second kappa shape index (κ2) is 8.45. The Hall–Kier alpha value is -1.92. The van der Waals surface area contributed by atoms with Crippen LogP contribution in [0.2, 0.25) is 0 Å². The van der Waals surface area contributed by atoms with E-state index in [9.17, 15) is 9.59 Å². The summed E-state index contributed by atoms with van der Waals surface area (Å²) in [6.07, 6.45) is 1.35. The van der Waals surface area contributed by atoms with Crippen LogP contribution in [0.15, 0.2) is 24.3 Å². The van der Waals surface area contributed by atoms with Gasteiger partial charge in [-0.3, -0.25) is 9.59 Å². The van der Waals surface area contributed by atoms with Crippen molar-refractivity contribution in [3.05, 3.63) is 35.4 Å². The lowest BCUT2D eigenvalue weighted by Gasteiger charge is -2.32. The third kappa shape index (κ3) is 4.80. The first-order valence-corrected chi connectivity index (χ1v) is 8.96. The maximum Gasteiger partial charge on any atom is 0.253 e. The number of amides is 2. The molecule has 2 aliphatic heterocycles. The first kappa shape index (κ1) is 17.9. The van der Waals surface area contributed by atoms with Gasteiger partial charge in [0.25, 0.3) is 5.91 Å². The highest BCUT2D eigenvalue weighted by molar-refractivity contribution is 5.94. The molecule has 1 N–H and O–H groups in total. The average Bonchev–Trinajstić information content (AvgIpc) is 2.67. The van der Waals surface area contributed by atoms with Crippen LogP contribution in [0.3, 0.4) is 0 Å². The minimum atomic E-state index is -0.0547. The van der Waals surface area contributed by atoms with Crippen LogP contribution in [0.1, 0.15) is 28.8 Å². The van der Waals surface area contributed by atoms with E-state index in [0.29, 0.717) is 57.9 Å². The maximum atomic E-state index is 12.5. The lowest BCUT2D eigenvalue weighted by Crippen LogP contribution is -2.45. The molecule has 3 rings (SSSR count). The standard InChI is InChI=1S/C19H26N2O4/c1-14-2-4-16(5-3-14)19(23)21-8-6-15(7-9-21)18(22)20-12-17-13-24-10-11-25-17/h2-5,15,17H,6-13H2,1H3,(H,20,22)/t17-/m1/s1. The Kier molecular flexibility index (Phi) is 6.04. The van der Waals surface area contributed by atoms with Crippen LogP contribution in [-0.2, 0) is 14.3 Å². The van der Waals surface area contributed by atoms with E-state index in [1.54, 1.807) is 0 Å².